The lowest BCUT2D eigenvalue weighted by atomic mass is 10.1. The summed E-state index contributed by atoms with van der Waals surface area (Å²) in [6.07, 6.45) is 1.76. The van der Waals surface area contributed by atoms with Crippen molar-refractivity contribution in [3.63, 3.8) is 0 Å². The van der Waals surface area contributed by atoms with Crippen molar-refractivity contribution in [3.05, 3.63) is 52.7 Å². The van der Waals surface area contributed by atoms with E-state index in [9.17, 15) is 4.79 Å². The number of rotatable bonds is 4. The summed E-state index contributed by atoms with van der Waals surface area (Å²) < 4.78 is 5.69. The van der Waals surface area contributed by atoms with Gasteiger partial charge in [0.1, 0.15) is 11.6 Å². The number of amides is 1. The number of nitrogens with one attached hydrogen (secondary N) is 1. The molecule has 0 aliphatic carbocycles. The lowest BCUT2D eigenvalue weighted by Gasteiger charge is -2.17. The quantitative estimate of drug-likeness (QED) is 0.935. The number of hydrogen-bond donors (Lipinski definition) is 1. The molecule has 0 spiro atoms. The summed E-state index contributed by atoms with van der Waals surface area (Å²) in [4.78, 5) is 18.6. The number of pyridine rings is 1. The molecule has 1 aromatic carbocycles. The highest BCUT2D eigenvalue weighted by molar-refractivity contribution is 6.30. The molecule has 0 radical (unpaired) electrons. The molecule has 0 saturated carbocycles. The molecule has 0 bridgehead atoms. The van der Waals surface area contributed by atoms with Crippen LogP contribution in [0.2, 0.25) is 5.02 Å². The number of benzene rings is 1. The zero-order chi connectivity index (χ0) is 16.4. The molecule has 1 aliphatic heterocycles. The molecular formula is C17H18ClN3O2. The van der Waals surface area contributed by atoms with Gasteiger partial charge in [-0.2, -0.15) is 0 Å². The van der Waals surface area contributed by atoms with Crippen LogP contribution in [0.1, 0.15) is 11.1 Å². The molecule has 1 aliphatic rings. The Morgan fingerprint density at radius 1 is 1.43 bits per heavy atom. The number of anilines is 1. The number of halogens is 1. The van der Waals surface area contributed by atoms with Crippen molar-refractivity contribution >= 4 is 23.3 Å². The standard InChI is InChI=1S/C17H18ClN3O2/c1-21(2)16-11(4-3-7-19-16)10-20-17(22)15-9-12-8-13(18)5-6-14(12)23-15/h3-8,15H,9-10H2,1-2H3,(H,20,22). The van der Waals surface area contributed by atoms with Gasteiger partial charge in [0.2, 0.25) is 0 Å². The Balaban J connectivity index is 1.63. The molecule has 1 unspecified atom stereocenters. The van der Waals surface area contributed by atoms with Crippen LogP contribution in [0, 0.1) is 0 Å². The molecule has 2 aromatic rings. The van der Waals surface area contributed by atoms with Crippen LogP contribution in [0.15, 0.2) is 36.5 Å². The van der Waals surface area contributed by atoms with E-state index in [1.165, 1.54) is 0 Å². The number of ether oxygens (including phenoxy) is 1. The fourth-order valence-electron chi connectivity index (χ4n) is 2.63. The molecule has 0 fully saturated rings. The zero-order valence-electron chi connectivity index (χ0n) is 13.0. The first-order valence-electron chi connectivity index (χ1n) is 7.38. The van der Waals surface area contributed by atoms with Gasteiger partial charge in [-0.3, -0.25) is 4.79 Å². The molecule has 1 aromatic heterocycles. The van der Waals surface area contributed by atoms with Crippen molar-refractivity contribution in [1.29, 1.82) is 0 Å². The van der Waals surface area contributed by atoms with Crippen LogP contribution >= 0.6 is 11.6 Å². The van der Waals surface area contributed by atoms with E-state index in [-0.39, 0.29) is 5.91 Å². The van der Waals surface area contributed by atoms with Gasteiger partial charge < -0.3 is 15.0 Å². The molecule has 5 nitrogen and oxygen atoms in total. The molecule has 2 heterocycles. The van der Waals surface area contributed by atoms with Gasteiger partial charge in [-0.1, -0.05) is 17.7 Å². The minimum Gasteiger partial charge on any atom is -0.480 e. The highest BCUT2D eigenvalue weighted by Crippen LogP contribution is 2.31. The predicted molar refractivity (Wildman–Crippen MR) is 90.0 cm³/mol. The van der Waals surface area contributed by atoms with Gasteiger partial charge in [0.25, 0.3) is 5.91 Å². The normalized spacial score (nSPS) is 15.7. The van der Waals surface area contributed by atoms with E-state index in [0.29, 0.717) is 18.0 Å². The number of aromatic nitrogens is 1. The van der Waals surface area contributed by atoms with Crippen LogP contribution in [0.3, 0.4) is 0 Å². The summed E-state index contributed by atoms with van der Waals surface area (Å²) in [6, 6.07) is 9.22. The van der Waals surface area contributed by atoms with Gasteiger partial charge in [0, 0.05) is 43.8 Å². The Kier molecular flexibility index (Phi) is 4.39. The maximum Gasteiger partial charge on any atom is 0.261 e. The van der Waals surface area contributed by atoms with Gasteiger partial charge >= 0.3 is 0 Å². The van der Waals surface area contributed by atoms with Crippen molar-refractivity contribution in [3.8, 4) is 5.75 Å². The summed E-state index contributed by atoms with van der Waals surface area (Å²) in [5.74, 6) is 1.44. The topological polar surface area (TPSA) is 54.5 Å². The van der Waals surface area contributed by atoms with Gasteiger partial charge in [-0.05, 0) is 29.8 Å². The van der Waals surface area contributed by atoms with Gasteiger partial charge in [-0.25, -0.2) is 4.98 Å². The van der Waals surface area contributed by atoms with E-state index in [1.807, 2.05) is 37.2 Å². The Hall–Kier alpha value is -2.27. The fraction of sp³-hybridized carbons (Fsp3) is 0.294. The molecule has 1 N–H and O–H groups in total. The monoisotopic (exact) mass is 331 g/mol. The van der Waals surface area contributed by atoms with E-state index in [2.05, 4.69) is 10.3 Å². The minimum absolute atomic E-state index is 0.133. The Morgan fingerprint density at radius 2 is 2.26 bits per heavy atom. The average Bonchev–Trinajstić information content (AvgIpc) is 2.95. The first kappa shape index (κ1) is 15.6. The van der Waals surface area contributed by atoms with Gasteiger partial charge in [0.15, 0.2) is 6.10 Å². The maximum absolute atomic E-state index is 12.4. The summed E-state index contributed by atoms with van der Waals surface area (Å²) in [5.41, 5.74) is 1.93. The van der Waals surface area contributed by atoms with Gasteiger partial charge in [-0.15, -0.1) is 0 Å². The lowest BCUT2D eigenvalue weighted by molar-refractivity contribution is -0.127. The smallest absolute Gasteiger partial charge is 0.261 e. The van der Waals surface area contributed by atoms with Crippen LogP contribution in [0.25, 0.3) is 0 Å². The highest BCUT2D eigenvalue weighted by atomic mass is 35.5. The van der Waals surface area contributed by atoms with Crippen molar-refractivity contribution in [1.82, 2.24) is 10.3 Å². The minimum atomic E-state index is -0.511. The largest absolute Gasteiger partial charge is 0.480 e. The van der Waals surface area contributed by atoms with E-state index >= 15 is 0 Å². The number of carbonyl (C=O) groups is 1. The molecule has 1 atom stereocenters. The van der Waals surface area contributed by atoms with Crippen LogP contribution in [0.4, 0.5) is 5.82 Å². The molecule has 1 amide bonds. The lowest BCUT2D eigenvalue weighted by Crippen LogP contribution is -2.37. The van der Waals surface area contributed by atoms with Crippen LogP contribution < -0.4 is 15.0 Å². The number of fused-ring (bicyclic) bond motifs is 1. The first-order valence-corrected chi connectivity index (χ1v) is 7.76. The van der Waals surface area contributed by atoms with Gasteiger partial charge in [0.05, 0.1) is 0 Å². The highest BCUT2D eigenvalue weighted by Gasteiger charge is 2.29. The Labute approximate surface area is 140 Å². The van der Waals surface area contributed by atoms with E-state index in [0.717, 1.165) is 22.7 Å². The predicted octanol–water partition coefficient (Wildman–Crippen LogP) is 2.42. The zero-order valence-corrected chi connectivity index (χ0v) is 13.8. The van der Waals surface area contributed by atoms with E-state index in [4.69, 9.17) is 16.3 Å². The van der Waals surface area contributed by atoms with E-state index < -0.39 is 6.10 Å². The first-order chi connectivity index (χ1) is 11.0. The number of carbonyl (C=O) groups excluding carboxylic acids is 1. The molecular weight excluding hydrogens is 314 g/mol. The number of nitrogens with zero attached hydrogens (tertiary/aromatic N) is 2. The second kappa shape index (κ2) is 6.46. The summed E-state index contributed by atoms with van der Waals surface area (Å²) in [7, 11) is 3.85. The van der Waals surface area contributed by atoms with Crippen molar-refractivity contribution in [2.45, 2.75) is 19.1 Å². The molecule has 120 valence electrons. The number of hydrogen-bond acceptors (Lipinski definition) is 4. The third-order valence-electron chi connectivity index (χ3n) is 3.73. The summed E-state index contributed by atoms with van der Waals surface area (Å²) in [6.45, 7) is 0.414. The van der Waals surface area contributed by atoms with Crippen LogP contribution in [-0.4, -0.2) is 31.1 Å². The third kappa shape index (κ3) is 3.40. The third-order valence-corrected chi connectivity index (χ3v) is 3.97. The molecule has 0 saturated heterocycles. The van der Waals surface area contributed by atoms with Crippen LogP contribution in [-0.2, 0) is 17.8 Å². The average molecular weight is 332 g/mol. The summed E-state index contributed by atoms with van der Waals surface area (Å²) in [5, 5.41) is 3.57. The van der Waals surface area contributed by atoms with Crippen LogP contribution in [0.5, 0.6) is 5.75 Å². The SMILES string of the molecule is CN(C)c1ncccc1CNC(=O)C1Cc2cc(Cl)ccc2O1. The Morgan fingerprint density at radius 3 is 3.04 bits per heavy atom. The Bertz CT molecular complexity index is 734. The summed E-state index contributed by atoms with van der Waals surface area (Å²) >= 11 is 5.97. The van der Waals surface area contributed by atoms with Crippen molar-refractivity contribution < 1.29 is 9.53 Å². The maximum atomic E-state index is 12.4. The molecule has 6 heteroatoms. The van der Waals surface area contributed by atoms with E-state index in [1.54, 1.807) is 18.3 Å². The van der Waals surface area contributed by atoms with Crippen molar-refractivity contribution in [2.75, 3.05) is 19.0 Å². The second-order valence-corrected chi connectivity index (χ2v) is 6.10. The van der Waals surface area contributed by atoms with Crippen molar-refractivity contribution in [2.24, 2.45) is 0 Å². The fourth-order valence-corrected chi connectivity index (χ4v) is 2.83. The molecule has 3 rings (SSSR count). The molecule has 23 heavy (non-hydrogen) atoms. The second-order valence-electron chi connectivity index (χ2n) is 5.66.